The van der Waals surface area contributed by atoms with Gasteiger partial charge in [0.05, 0.1) is 16.6 Å². The predicted molar refractivity (Wildman–Crippen MR) is 116 cm³/mol. The number of amides is 2. The molecule has 1 fully saturated rings. The van der Waals surface area contributed by atoms with Crippen molar-refractivity contribution in [3.05, 3.63) is 57.7 Å². The van der Waals surface area contributed by atoms with Gasteiger partial charge in [-0.2, -0.15) is 0 Å². The van der Waals surface area contributed by atoms with Gasteiger partial charge in [-0.1, -0.05) is 42.1 Å². The maximum absolute atomic E-state index is 12.1. The van der Waals surface area contributed by atoms with Crippen LogP contribution in [-0.2, 0) is 11.3 Å². The summed E-state index contributed by atoms with van der Waals surface area (Å²) in [4.78, 5) is 31.0. The molecule has 2 amide bonds. The van der Waals surface area contributed by atoms with Crippen molar-refractivity contribution >= 4 is 40.8 Å². The van der Waals surface area contributed by atoms with Gasteiger partial charge in [-0.15, -0.1) is 0 Å². The molecule has 2 heterocycles. The minimum atomic E-state index is -0.387. The third-order valence-electron chi connectivity index (χ3n) is 4.82. The summed E-state index contributed by atoms with van der Waals surface area (Å²) in [7, 11) is 0. The predicted octanol–water partition coefficient (Wildman–Crippen LogP) is 3.82. The number of pyridine rings is 1. The molecule has 1 aliphatic rings. The van der Waals surface area contributed by atoms with Crippen molar-refractivity contribution in [2.45, 2.75) is 32.2 Å². The lowest BCUT2D eigenvalue weighted by Crippen LogP contribution is -2.36. The summed E-state index contributed by atoms with van der Waals surface area (Å²) in [6, 6.07) is 8.54. The van der Waals surface area contributed by atoms with E-state index in [2.05, 4.69) is 20.5 Å². The second-order valence-corrected chi connectivity index (χ2v) is 7.83. The molecule has 154 valence electrons. The molecule has 29 heavy (non-hydrogen) atoms. The lowest BCUT2D eigenvalue weighted by atomic mass is 10.2. The van der Waals surface area contributed by atoms with Crippen LogP contribution in [0.4, 0.5) is 5.82 Å². The molecule has 0 saturated carbocycles. The zero-order valence-electron chi connectivity index (χ0n) is 16.1. The first-order chi connectivity index (χ1) is 14.0. The maximum Gasteiger partial charge on any atom is 0.251 e. The van der Waals surface area contributed by atoms with Gasteiger partial charge in [0.2, 0.25) is 5.91 Å². The quantitative estimate of drug-likeness (QED) is 0.724. The van der Waals surface area contributed by atoms with E-state index in [9.17, 15) is 9.59 Å². The number of nitrogens with one attached hydrogen (secondary N) is 2. The lowest BCUT2D eigenvalue weighted by Gasteiger charge is -2.21. The number of carbonyl (C=O) groups is 2. The summed E-state index contributed by atoms with van der Waals surface area (Å²) in [5.41, 5.74) is 1.26. The van der Waals surface area contributed by atoms with Crippen LogP contribution in [0.2, 0.25) is 10.0 Å². The molecule has 6 nitrogen and oxygen atoms in total. The fourth-order valence-electron chi connectivity index (χ4n) is 3.17. The minimum absolute atomic E-state index is 0.127. The molecular weight excluding hydrogens is 411 g/mol. The highest BCUT2D eigenvalue weighted by atomic mass is 35.5. The summed E-state index contributed by atoms with van der Waals surface area (Å²) in [5, 5.41) is 6.01. The Morgan fingerprint density at radius 2 is 1.72 bits per heavy atom. The second kappa shape index (κ2) is 10.5. The van der Waals surface area contributed by atoms with Crippen LogP contribution in [0, 0.1) is 0 Å². The molecule has 0 radical (unpaired) electrons. The van der Waals surface area contributed by atoms with Crippen molar-refractivity contribution in [1.29, 1.82) is 0 Å². The van der Waals surface area contributed by atoms with Gasteiger partial charge in [-0.05, 0) is 42.7 Å². The van der Waals surface area contributed by atoms with Crippen molar-refractivity contribution in [2.75, 3.05) is 24.5 Å². The van der Waals surface area contributed by atoms with E-state index in [-0.39, 0.29) is 18.4 Å². The zero-order chi connectivity index (χ0) is 20.6. The smallest absolute Gasteiger partial charge is 0.251 e. The number of hydrogen-bond acceptors (Lipinski definition) is 4. The maximum atomic E-state index is 12.1. The molecule has 0 spiro atoms. The summed E-state index contributed by atoms with van der Waals surface area (Å²) in [6.07, 6.45) is 6.75. The van der Waals surface area contributed by atoms with E-state index < -0.39 is 0 Å². The number of halogens is 2. The molecule has 1 saturated heterocycles. The largest absolute Gasteiger partial charge is 0.357 e. The molecule has 1 aromatic carbocycles. The van der Waals surface area contributed by atoms with E-state index in [4.69, 9.17) is 23.2 Å². The Labute approximate surface area is 180 Å². The highest BCUT2D eigenvalue weighted by Gasteiger charge is 2.12. The molecule has 0 aliphatic carbocycles. The summed E-state index contributed by atoms with van der Waals surface area (Å²) in [6.45, 7) is 2.32. The molecular formula is C21H24Cl2N4O2. The average Bonchev–Trinajstić information content (AvgIpc) is 3.02. The first-order valence-electron chi connectivity index (χ1n) is 9.73. The van der Waals surface area contributed by atoms with Gasteiger partial charge in [-0.25, -0.2) is 4.98 Å². The molecule has 2 N–H and O–H groups in total. The van der Waals surface area contributed by atoms with E-state index >= 15 is 0 Å². The summed E-state index contributed by atoms with van der Waals surface area (Å²) < 4.78 is 0. The fraction of sp³-hybridized carbons (Fsp3) is 0.381. The lowest BCUT2D eigenvalue weighted by molar-refractivity contribution is -0.120. The summed E-state index contributed by atoms with van der Waals surface area (Å²) >= 11 is 11.7. The number of aromatic nitrogens is 1. The monoisotopic (exact) mass is 434 g/mol. The van der Waals surface area contributed by atoms with Crippen molar-refractivity contribution in [2.24, 2.45) is 0 Å². The third kappa shape index (κ3) is 6.34. The number of nitrogens with zero attached hydrogens (tertiary/aromatic N) is 2. The number of hydrogen-bond donors (Lipinski definition) is 2. The Kier molecular flexibility index (Phi) is 7.72. The molecule has 3 rings (SSSR count). The van der Waals surface area contributed by atoms with Crippen molar-refractivity contribution < 1.29 is 9.59 Å². The topological polar surface area (TPSA) is 74.3 Å². The Balaban J connectivity index is 1.44. The molecule has 1 aliphatic heterocycles. The van der Waals surface area contributed by atoms with Crippen LogP contribution in [0.15, 0.2) is 36.5 Å². The number of benzene rings is 1. The minimum Gasteiger partial charge on any atom is -0.357 e. The van der Waals surface area contributed by atoms with E-state index in [1.807, 2.05) is 12.1 Å². The number of anilines is 1. The van der Waals surface area contributed by atoms with Crippen LogP contribution < -0.4 is 15.5 Å². The van der Waals surface area contributed by atoms with E-state index in [0.29, 0.717) is 22.2 Å². The third-order valence-corrected chi connectivity index (χ3v) is 5.56. The van der Waals surface area contributed by atoms with Crippen LogP contribution in [0.3, 0.4) is 0 Å². The Morgan fingerprint density at radius 3 is 2.38 bits per heavy atom. The second-order valence-electron chi connectivity index (χ2n) is 7.01. The molecule has 2 aromatic rings. The molecule has 0 atom stereocenters. The van der Waals surface area contributed by atoms with Gasteiger partial charge in [0, 0.05) is 31.4 Å². The van der Waals surface area contributed by atoms with Crippen LogP contribution >= 0.6 is 23.2 Å². The van der Waals surface area contributed by atoms with Crippen molar-refractivity contribution in [3.8, 4) is 0 Å². The summed E-state index contributed by atoms with van der Waals surface area (Å²) in [5.74, 6) is 0.313. The van der Waals surface area contributed by atoms with Crippen LogP contribution in [0.25, 0.3) is 0 Å². The highest BCUT2D eigenvalue weighted by molar-refractivity contribution is 6.42. The highest BCUT2D eigenvalue weighted by Crippen LogP contribution is 2.22. The van der Waals surface area contributed by atoms with Crippen LogP contribution in [0.1, 0.15) is 41.6 Å². The average molecular weight is 435 g/mol. The Morgan fingerprint density at radius 1 is 0.966 bits per heavy atom. The van der Waals surface area contributed by atoms with E-state index in [1.54, 1.807) is 18.3 Å². The Hall–Kier alpha value is -2.31. The first kappa shape index (κ1) is 21.4. The number of carbonyl (C=O) groups excluding carboxylic acids is 2. The zero-order valence-corrected chi connectivity index (χ0v) is 17.6. The normalized spacial score (nSPS) is 14.2. The molecule has 8 heteroatoms. The number of rotatable bonds is 6. The van der Waals surface area contributed by atoms with Crippen LogP contribution in [-0.4, -0.2) is 36.4 Å². The van der Waals surface area contributed by atoms with Gasteiger partial charge in [0.1, 0.15) is 5.82 Å². The fourth-order valence-corrected chi connectivity index (χ4v) is 3.47. The molecule has 1 aromatic heterocycles. The first-order valence-corrected chi connectivity index (χ1v) is 10.5. The van der Waals surface area contributed by atoms with Crippen molar-refractivity contribution in [3.63, 3.8) is 0 Å². The van der Waals surface area contributed by atoms with Crippen molar-refractivity contribution in [1.82, 2.24) is 15.6 Å². The molecule has 0 bridgehead atoms. The van der Waals surface area contributed by atoms with Gasteiger partial charge < -0.3 is 15.5 Å². The van der Waals surface area contributed by atoms with E-state index in [1.165, 1.54) is 31.7 Å². The van der Waals surface area contributed by atoms with Gasteiger partial charge in [-0.3, -0.25) is 9.59 Å². The standard InChI is InChI=1S/C21H24Cl2N4O2/c22-17-7-6-16(11-18(17)23)21(29)26-14-20(28)25-13-15-5-8-19(24-12-15)27-9-3-1-2-4-10-27/h5-8,11-12H,1-4,9-10,13-14H2,(H,25,28)(H,26,29). The molecule has 0 unspecified atom stereocenters. The van der Waals surface area contributed by atoms with Gasteiger partial charge in [0.15, 0.2) is 0 Å². The van der Waals surface area contributed by atoms with Crippen LogP contribution in [0.5, 0.6) is 0 Å². The van der Waals surface area contributed by atoms with Gasteiger partial charge in [0.25, 0.3) is 5.91 Å². The Bertz CT molecular complexity index is 850. The SMILES string of the molecule is O=C(CNC(=O)c1ccc(Cl)c(Cl)c1)NCc1ccc(N2CCCCCC2)nc1. The van der Waals surface area contributed by atoms with Gasteiger partial charge >= 0.3 is 0 Å². The van der Waals surface area contributed by atoms with E-state index in [0.717, 1.165) is 24.5 Å².